The van der Waals surface area contributed by atoms with E-state index in [0.717, 1.165) is 18.4 Å². The van der Waals surface area contributed by atoms with Crippen LogP contribution in [-0.2, 0) is 15.1 Å². The monoisotopic (exact) mass is 250 g/mol. The quantitative estimate of drug-likeness (QED) is 0.890. The Morgan fingerprint density at radius 1 is 1.44 bits per heavy atom. The third-order valence-corrected chi connectivity index (χ3v) is 3.47. The van der Waals surface area contributed by atoms with Crippen LogP contribution in [0.1, 0.15) is 39.2 Å². The molecule has 0 aromatic heterocycles. The van der Waals surface area contributed by atoms with Gasteiger partial charge >= 0.3 is 0 Å². The summed E-state index contributed by atoms with van der Waals surface area (Å²) >= 11 is 0. The molecule has 1 aromatic rings. The van der Waals surface area contributed by atoms with Gasteiger partial charge in [-0.15, -0.1) is 0 Å². The summed E-state index contributed by atoms with van der Waals surface area (Å²) in [4.78, 5) is 0. The molecule has 1 aliphatic heterocycles. The van der Waals surface area contributed by atoms with E-state index in [1.807, 2.05) is 12.1 Å². The first-order valence-corrected chi connectivity index (χ1v) is 6.64. The molecule has 2 atom stereocenters. The molecular weight excluding hydrogens is 228 g/mol. The Kier molecular flexibility index (Phi) is 3.93. The number of phenolic OH excluding ortho intramolecular Hbond substituents is 1. The van der Waals surface area contributed by atoms with Crippen LogP contribution in [0.4, 0.5) is 0 Å². The van der Waals surface area contributed by atoms with E-state index in [-0.39, 0.29) is 12.0 Å². The van der Waals surface area contributed by atoms with Crippen LogP contribution in [0.5, 0.6) is 5.75 Å². The largest absolute Gasteiger partial charge is 0.508 e. The van der Waals surface area contributed by atoms with Crippen molar-refractivity contribution >= 4 is 0 Å². The zero-order chi connectivity index (χ0) is 13.2. The number of hydrogen-bond acceptors (Lipinski definition) is 3. The molecule has 1 N–H and O–H groups in total. The molecule has 1 heterocycles. The molecule has 0 bridgehead atoms. The Hall–Kier alpha value is -1.06. The standard InChI is InChI=1S/C15H22O3/c1-4-15(12-6-5-7-13(16)9-12)10-17-14(18-15)8-11(2)3/h5-7,9,11,14,16H,4,8,10H2,1-3H3. The van der Waals surface area contributed by atoms with Gasteiger partial charge in [-0.2, -0.15) is 0 Å². The molecule has 0 radical (unpaired) electrons. The van der Waals surface area contributed by atoms with E-state index in [2.05, 4.69) is 20.8 Å². The van der Waals surface area contributed by atoms with Crippen molar-refractivity contribution in [2.75, 3.05) is 6.61 Å². The lowest BCUT2D eigenvalue weighted by Crippen LogP contribution is -2.28. The molecule has 0 aliphatic carbocycles. The van der Waals surface area contributed by atoms with Crippen LogP contribution in [0.3, 0.4) is 0 Å². The molecular formula is C15H22O3. The molecule has 1 aromatic carbocycles. The van der Waals surface area contributed by atoms with Crippen molar-refractivity contribution < 1.29 is 14.6 Å². The summed E-state index contributed by atoms with van der Waals surface area (Å²) in [7, 11) is 0. The first-order valence-electron chi connectivity index (χ1n) is 6.64. The summed E-state index contributed by atoms with van der Waals surface area (Å²) in [6.07, 6.45) is 1.61. The van der Waals surface area contributed by atoms with Gasteiger partial charge in [0.25, 0.3) is 0 Å². The van der Waals surface area contributed by atoms with E-state index < -0.39 is 5.60 Å². The van der Waals surface area contributed by atoms with Gasteiger partial charge in [0.2, 0.25) is 0 Å². The van der Waals surface area contributed by atoms with Crippen molar-refractivity contribution in [1.82, 2.24) is 0 Å². The van der Waals surface area contributed by atoms with Crippen LogP contribution < -0.4 is 0 Å². The lowest BCUT2D eigenvalue weighted by molar-refractivity contribution is -0.102. The number of phenols is 1. The van der Waals surface area contributed by atoms with Gasteiger partial charge in [-0.3, -0.25) is 0 Å². The zero-order valence-corrected chi connectivity index (χ0v) is 11.3. The topological polar surface area (TPSA) is 38.7 Å². The van der Waals surface area contributed by atoms with Crippen molar-refractivity contribution in [3.8, 4) is 5.75 Å². The molecule has 3 heteroatoms. The molecule has 2 rings (SSSR count). The second kappa shape index (κ2) is 5.29. The normalized spacial score (nSPS) is 27.9. The lowest BCUT2D eigenvalue weighted by atomic mass is 9.92. The minimum atomic E-state index is -0.404. The fourth-order valence-electron chi connectivity index (χ4n) is 2.38. The third kappa shape index (κ3) is 2.68. The van der Waals surface area contributed by atoms with Crippen LogP contribution in [0.15, 0.2) is 24.3 Å². The van der Waals surface area contributed by atoms with Gasteiger partial charge in [-0.1, -0.05) is 32.9 Å². The summed E-state index contributed by atoms with van der Waals surface area (Å²) in [6.45, 7) is 6.97. The number of aromatic hydroxyl groups is 1. The molecule has 0 amide bonds. The van der Waals surface area contributed by atoms with Crippen molar-refractivity contribution in [3.05, 3.63) is 29.8 Å². The zero-order valence-electron chi connectivity index (χ0n) is 11.3. The van der Waals surface area contributed by atoms with Gasteiger partial charge in [0.05, 0.1) is 6.61 Å². The van der Waals surface area contributed by atoms with Gasteiger partial charge in [0, 0.05) is 6.42 Å². The van der Waals surface area contributed by atoms with E-state index in [9.17, 15) is 5.11 Å². The first kappa shape index (κ1) is 13.4. The fraction of sp³-hybridized carbons (Fsp3) is 0.600. The van der Waals surface area contributed by atoms with E-state index in [0.29, 0.717) is 12.5 Å². The molecule has 1 saturated heterocycles. The van der Waals surface area contributed by atoms with Crippen LogP contribution in [0, 0.1) is 5.92 Å². The van der Waals surface area contributed by atoms with Crippen molar-refractivity contribution in [1.29, 1.82) is 0 Å². The van der Waals surface area contributed by atoms with Crippen LogP contribution >= 0.6 is 0 Å². The Morgan fingerprint density at radius 2 is 2.22 bits per heavy atom. The molecule has 1 fully saturated rings. The highest BCUT2D eigenvalue weighted by molar-refractivity contribution is 5.32. The Bertz CT molecular complexity index is 402. The van der Waals surface area contributed by atoms with Crippen LogP contribution in [0.2, 0.25) is 0 Å². The minimum Gasteiger partial charge on any atom is -0.508 e. The maximum Gasteiger partial charge on any atom is 0.159 e. The molecule has 100 valence electrons. The van der Waals surface area contributed by atoms with Crippen molar-refractivity contribution in [2.24, 2.45) is 5.92 Å². The number of ether oxygens (including phenoxy) is 2. The molecule has 3 nitrogen and oxygen atoms in total. The Balaban J connectivity index is 2.18. The summed E-state index contributed by atoms with van der Waals surface area (Å²) in [5, 5.41) is 9.60. The molecule has 0 saturated carbocycles. The van der Waals surface area contributed by atoms with E-state index in [1.54, 1.807) is 12.1 Å². The van der Waals surface area contributed by atoms with E-state index in [4.69, 9.17) is 9.47 Å². The average molecular weight is 250 g/mol. The van der Waals surface area contributed by atoms with Crippen LogP contribution in [-0.4, -0.2) is 18.0 Å². The number of rotatable bonds is 4. The van der Waals surface area contributed by atoms with E-state index >= 15 is 0 Å². The molecule has 2 unspecified atom stereocenters. The van der Waals surface area contributed by atoms with Crippen molar-refractivity contribution in [2.45, 2.75) is 45.5 Å². The summed E-state index contributed by atoms with van der Waals surface area (Å²) in [6, 6.07) is 7.28. The second-order valence-electron chi connectivity index (χ2n) is 5.39. The smallest absolute Gasteiger partial charge is 0.159 e. The van der Waals surface area contributed by atoms with Gasteiger partial charge in [0.1, 0.15) is 11.4 Å². The van der Waals surface area contributed by atoms with E-state index in [1.165, 1.54) is 0 Å². The van der Waals surface area contributed by atoms with Crippen molar-refractivity contribution in [3.63, 3.8) is 0 Å². The summed E-state index contributed by atoms with van der Waals surface area (Å²) in [5.41, 5.74) is 0.592. The number of benzene rings is 1. The van der Waals surface area contributed by atoms with Crippen LogP contribution in [0.25, 0.3) is 0 Å². The Morgan fingerprint density at radius 3 is 2.83 bits per heavy atom. The maximum absolute atomic E-state index is 9.60. The molecule has 0 spiro atoms. The van der Waals surface area contributed by atoms with Gasteiger partial charge in [-0.25, -0.2) is 0 Å². The predicted octanol–water partition coefficient (Wildman–Crippen LogP) is 3.42. The highest BCUT2D eigenvalue weighted by Crippen LogP contribution is 2.39. The van der Waals surface area contributed by atoms with Gasteiger partial charge in [0.15, 0.2) is 6.29 Å². The Labute approximate surface area is 109 Å². The minimum absolute atomic E-state index is 0.132. The highest BCUT2D eigenvalue weighted by Gasteiger charge is 2.41. The SMILES string of the molecule is CCC1(c2cccc(O)c2)COC(CC(C)C)O1. The summed E-state index contributed by atoms with van der Waals surface area (Å²) in [5.74, 6) is 0.822. The molecule has 18 heavy (non-hydrogen) atoms. The van der Waals surface area contributed by atoms with Gasteiger partial charge < -0.3 is 14.6 Å². The van der Waals surface area contributed by atoms with Gasteiger partial charge in [-0.05, 0) is 30.0 Å². The average Bonchev–Trinajstić information content (AvgIpc) is 2.73. The number of hydrogen-bond donors (Lipinski definition) is 1. The fourth-order valence-corrected chi connectivity index (χ4v) is 2.38. The predicted molar refractivity (Wildman–Crippen MR) is 70.4 cm³/mol. The second-order valence-corrected chi connectivity index (χ2v) is 5.39. The third-order valence-electron chi connectivity index (χ3n) is 3.47. The highest BCUT2D eigenvalue weighted by atomic mass is 16.7. The summed E-state index contributed by atoms with van der Waals surface area (Å²) < 4.78 is 11.9. The molecule has 1 aliphatic rings. The maximum atomic E-state index is 9.60. The lowest BCUT2D eigenvalue weighted by Gasteiger charge is -2.27. The first-order chi connectivity index (χ1) is 8.55.